The fourth-order valence-corrected chi connectivity index (χ4v) is 3.00. The Morgan fingerprint density at radius 1 is 1.23 bits per heavy atom. The Bertz CT molecular complexity index is 1100. The van der Waals surface area contributed by atoms with Crippen LogP contribution in [0.5, 0.6) is 0 Å². The van der Waals surface area contributed by atoms with Gasteiger partial charge in [0.2, 0.25) is 0 Å². The van der Waals surface area contributed by atoms with Crippen LogP contribution in [0.15, 0.2) is 53.7 Å². The van der Waals surface area contributed by atoms with E-state index in [4.69, 9.17) is 12.2 Å². The van der Waals surface area contributed by atoms with Crippen molar-refractivity contribution >= 4 is 34.0 Å². The standard InChI is InChI=1S/C16H12N4OS/c21-15-14-13(5-7-18-14)20(16(22)19-15)9-11-3-1-2-10-4-6-17-8-12(10)11/h1-8,18H,9H2,(H,19,21,22). The van der Waals surface area contributed by atoms with Crippen LogP contribution in [0.1, 0.15) is 5.56 Å². The highest BCUT2D eigenvalue weighted by Crippen LogP contribution is 2.20. The summed E-state index contributed by atoms with van der Waals surface area (Å²) in [5, 5.41) is 2.22. The van der Waals surface area contributed by atoms with E-state index in [1.54, 1.807) is 12.4 Å². The Morgan fingerprint density at radius 3 is 3.05 bits per heavy atom. The maximum absolute atomic E-state index is 11.9. The third-order valence-corrected chi connectivity index (χ3v) is 4.13. The van der Waals surface area contributed by atoms with Crippen molar-refractivity contribution in [3.8, 4) is 0 Å². The molecule has 3 heterocycles. The van der Waals surface area contributed by atoms with Crippen molar-refractivity contribution < 1.29 is 0 Å². The summed E-state index contributed by atoms with van der Waals surface area (Å²) in [6, 6.07) is 9.97. The zero-order valence-electron chi connectivity index (χ0n) is 11.5. The molecule has 0 amide bonds. The average molecular weight is 308 g/mol. The van der Waals surface area contributed by atoms with Crippen LogP contribution in [-0.4, -0.2) is 19.5 Å². The third kappa shape index (κ3) is 1.96. The third-order valence-electron chi connectivity index (χ3n) is 3.81. The number of hydrogen-bond acceptors (Lipinski definition) is 3. The summed E-state index contributed by atoms with van der Waals surface area (Å²) in [7, 11) is 0. The summed E-state index contributed by atoms with van der Waals surface area (Å²) in [6.45, 7) is 0.576. The van der Waals surface area contributed by atoms with Crippen LogP contribution in [-0.2, 0) is 6.54 Å². The molecule has 0 saturated carbocycles. The molecule has 0 aliphatic heterocycles. The largest absolute Gasteiger partial charge is 0.355 e. The fourth-order valence-electron chi connectivity index (χ4n) is 2.75. The first-order valence-corrected chi connectivity index (χ1v) is 7.27. The number of nitrogens with one attached hydrogen (secondary N) is 2. The molecule has 5 nitrogen and oxygen atoms in total. The van der Waals surface area contributed by atoms with Gasteiger partial charge in [0.15, 0.2) is 4.77 Å². The van der Waals surface area contributed by atoms with Crippen molar-refractivity contribution in [2.24, 2.45) is 0 Å². The maximum atomic E-state index is 11.9. The van der Waals surface area contributed by atoms with E-state index in [9.17, 15) is 4.79 Å². The minimum Gasteiger partial charge on any atom is -0.355 e. The molecular weight excluding hydrogens is 296 g/mol. The summed E-state index contributed by atoms with van der Waals surface area (Å²) in [6.07, 6.45) is 5.38. The second-order valence-corrected chi connectivity index (χ2v) is 5.48. The number of fused-ring (bicyclic) bond motifs is 2. The molecule has 4 aromatic rings. The number of pyridine rings is 1. The molecule has 0 aliphatic carbocycles. The van der Waals surface area contributed by atoms with Gasteiger partial charge < -0.3 is 9.55 Å². The second-order valence-electron chi connectivity index (χ2n) is 5.10. The molecule has 108 valence electrons. The van der Waals surface area contributed by atoms with E-state index in [1.807, 2.05) is 29.0 Å². The van der Waals surface area contributed by atoms with Gasteiger partial charge >= 0.3 is 0 Å². The summed E-state index contributed by atoms with van der Waals surface area (Å²) in [5.41, 5.74) is 2.25. The highest BCUT2D eigenvalue weighted by atomic mass is 32.1. The van der Waals surface area contributed by atoms with E-state index in [2.05, 4.69) is 27.1 Å². The summed E-state index contributed by atoms with van der Waals surface area (Å²) >= 11 is 5.33. The molecule has 1 aromatic carbocycles. The number of rotatable bonds is 2. The van der Waals surface area contributed by atoms with Gasteiger partial charge in [-0.1, -0.05) is 18.2 Å². The van der Waals surface area contributed by atoms with Crippen molar-refractivity contribution in [1.29, 1.82) is 0 Å². The molecule has 0 unspecified atom stereocenters. The molecule has 0 fully saturated rings. The average Bonchev–Trinajstić information content (AvgIpc) is 3.01. The van der Waals surface area contributed by atoms with E-state index < -0.39 is 0 Å². The van der Waals surface area contributed by atoms with Crippen molar-refractivity contribution in [3.05, 3.63) is 69.6 Å². The van der Waals surface area contributed by atoms with E-state index in [0.717, 1.165) is 21.9 Å². The fraction of sp³-hybridized carbons (Fsp3) is 0.0625. The molecule has 0 bridgehead atoms. The molecule has 0 atom stereocenters. The van der Waals surface area contributed by atoms with Gasteiger partial charge in [0, 0.05) is 24.0 Å². The number of H-pyrrole nitrogens is 2. The van der Waals surface area contributed by atoms with E-state index in [1.165, 1.54) is 0 Å². The van der Waals surface area contributed by atoms with Gasteiger partial charge in [-0.15, -0.1) is 0 Å². The number of aromatic nitrogens is 4. The minimum atomic E-state index is -0.194. The number of nitrogens with zero attached hydrogens (tertiary/aromatic N) is 2. The van der Waals surface area contributed by atoms with E-state index in [-0.39, 0.29) is 5.56 Å². The maximum Gasteiger partial charge on any atom is 0.276 e. The molecule has 0 radical (unpaired) electrons. The molecule has 6 heteroatoms. The smallest absolute Gasteiger partial charge is 0.276 e. The van der Waals surface area contributed by atoms with Crippen LogP contribution in [0.2, 0.25) is 0 Å². The van der Waals surface area contributed by atoms with E-state index >= 15 is 0 Å². The first-order chi connectivity index (χ1) is 10.7. The molecule has 3 aromatic heterocycles. The first kappa shape index (κ1) is 13.0. The van der Waals surface area contributed by atoms with E-state index in [0.29, 0.717) is 16.8 Å². The van der Waals surface area contributed by atoms with Crippen LogP contribution >= 0.6 is 12.2 Å². The number of hydrogen-bond donors (Lipinski definition) is 2. The molecule has 22 heavy (non-hydrogen) atoms. The monoisotopic (exact) mass is 308 g/mol. The van der Waals surface area contributed by atoms with Gasteiger partial charge in [-0.2, -0.15) is 0 Å². The molecular formula is C16H12N4OS. The Morgan fingerprint density at radius 2 is 2.14 bits per heavy atom. The van der Waals surface area contributed by atoms with Crippen molar-refractivity contribution in [1.82, 2.24) is 19.5 Å². The van der Waals surface area contributed by atoms with Gasteiger partial charge in [0.05, 0.1) is 12.1 Å². The predicted molar refractivity (Wildman–Crippen MR) is 88.6 cm³/mol. The summed E-state index contributed by atoms with van der Waals surface area (Å²) in [4.78, 5) is 21.8. The van der Waals surface area contributed by atoms with Crippen molar-refractivity contribution in [2.45, 2.75) is 6.54 Å². The molecule has 0 spiro atoms. The molecule has 0 saturated heterocycles. The Labute approximate surface area is 130 Å². The van der Waals surface area contributed by atoms with Gasteiger partial charge in [-0.25, -0.2) is 0 Å². The Kier molecular flexibility index (Phi) is 2.90. The topological polar surface area (TPSA) is 66.5 Å². The van der Waals surface area contributed by atoms with Crippen LogP contribution in [0, 0.1) is 4.77 Å². The van der Waals surface area contributed by atoms with Gasteiger partial charge in [-0.3, -0.25) is 14.8 Å². The zero-order valence-corrected chi connectivity index (χ0v) is 12.4. The van der Waals surface area contributed by atoms with Gasteiger partial charge in [-0.05, 0) is 35.3 Å². The van der Waals surface area contributed by atoms with Crippen LogP contribution in [0.25, 0.3) is 21.8 Å². The normalized spacial score (nSPS) is 11.3. The van der Waals surface area contributed by atoms with Gasteiger partial charge in [0.1, 0.15) is 5.52 Å². The lowest BCUT2D eigenvalue weighted by atomic mass is 10.1. The Hall–Kier alpha value is -2.73. The lowest BCUT2D eigenvalue weighted by Gasteiger charge is -2.11. The van der Waals surface area contributed by atoms with Gasteiger partial charge in [0.25, 0.3) is 5.56 Å². The lowest BCUT2D eigenvalue weighted by Crippen LogP contribution is -2.14. The second kappa shape index (κ2) is 4.92. The SMILES string of the molecule is O=c1[nH]c(=S)n(Cc2cccc3ccncc23)c2cc[nH]c12. The molecule has 2 N–H and O–H groups in total. The summed E-state index contributed by atoms with van der Waals surface area (Å²) in [5.74, 6) is 0. The molecule has 0 aliphatic rings. The highest BCUT2D eigenvalue weighted by Gasteiger charge is 2.08. The molecule has 4 rings (SSSR count). The first-order valence-electron chi connectivity index (χ1n) is 6.86. The predicted octanol–water partition coefficient (Wildman–Crippen LogP) is 2.98. The van der Waals surface area contributed by atoms with Crippen LogP contribution in [0.3, 0.4) is 0 Å². The number of benzene rings is 1. The quantitative estimate of drug-likeness (QED) is 0.559. The zero-order chi connectivity index (χ0) is 15.1. The van der Waals surface area contributed by atoms with Crippen LogP contribution in [0.4, 0.5) is 0 Å². The minimum absolute atomic E-state index is 0.194. The summed E-state index contributed by atoms with van der Waals surface area (Å²) < 4.78 is 2.34. The number of aromatic amines is 2. The van der Waals surface area contributed by atoms with Crippen molar-refractivity contribution in [3.63, 3.8) is 0 Å². The Balaban J connectivity index is 1.96. The highest BCUT2D eigenvalue weighted by molar-refractivity contribution is 7.71. The van der Waals surface area contributed by atoms with Crippen LogP contribution < -0.4 is 5.56 Å². The lowest BCUT2D eigenvalue weighted by molar-refractivity contribution is 0.787. The van der Waals surface area contributed by atoms with Crippen molar-refractivity contribution in [2.75, 3.05) is 0 Å².